The molecule has 6 nitrogen and oxygen atoms in total. The monoisotopic (exact) mass is 389 g/mol. The molecule has 0 saturated carbocycles. The molecule has 1 aliphatic heterocycles. The van der Waals surface area contributed by atoms with Crippen molar-refractivity contribution in [1.29, 1.82) is 0 Å². The van der Waals surface area contributed by atoms with E-state index in [9.17, 15) is 13.2 Å². The third kappa shape index (κ3) is 4.25. The highest BCUT2D eigenvalue weighted by Crippen LogP contribution is 2.26. The minimum atomic E-state index is -3.53. The number of nitrogens with one attached hydrogen (secondary N) is 1. The molecule has 0 bridgehead atoms. The number of aryl methyl sites for hydroxylation is 1. The number of amides is 1. The molecule has 1 N–H and O–H groups in total. The van der Waals surface area contributed by atoms with Gasteiger partial charge < -0.3 is 9.88 Å². The summed E-state index contributed by atoms with van der Waals surface area (Å²) in [5.41, 5.74) is 2.21. The molecule has 1 saturated heterocycles. The number of rotatable bonds is 7. The van der Waals surface area contributed by atoms with Gasteiger partial charge in [0.15, 0.2) is 0 Å². The molecule has 1 amide bonds. The molecule has 0 atom stereocenters. The number of hydrogen-bond donors (Lipinski definition) is 1. The van der Waals surface area contributed by atoms with Crippen molar-refractivity contribution < 1.29 is 13.2 Å². The molecule has 1 aromatic heterocycles. The van der Waals surface area contributed by atoms with E-state index in [2.05, 4.69) is 17.4 Å². The number of carbonyl (C=O) groups is 1. The Morgan fingerprint density at radius 1 is 1.15 bits per heavy atom. The summed E-state index contributed by atoms with van der Waals surface area (Å²) in [4.78, 5) is 12.8. The Morgan fingerprint density at radius 3 is 2.48 bits per heavy atom. The minimum absolute atomic E-state index is 0.237. The van der Waals surface area contributed by atoms with Gasteiger partial charge in [-0.3, -0.25) is 4.79 Å². The summed E-state index contributed by atoms with van der Waals surface area (Å²) >= 11 is 0. The van der Waals surface area contributed by atoms with E-state index in [1.165, 1.54) is 15.9 Å². The van der Waals surface area contributed by atoms with Crippen LogP contribution in [-0.2, 0) is 23.5 Å². The first-order valence-electron chi connectivity index (χ1n) is 9.40. The summed E-state index contributed by atoms with van der Waals surface area (Å²) in [6.07, 6.45) is 3.50. The summed E-state index contributed by atoms with van der Waals surface area (Å²) in [5.74, 6) is -0.239. The number of hydrogen-bond acceptors (Lipinski definition) is 3. The second-order valence-corrected chi connectivity index (χ2v) is 8.90. The number of sulfonamides is 1. The maximum Gasteiger partial charge on any atom is 0.267 e. The van der Waals surface area contributed by atoms with Crippen molar-refractivity contribution in [2.75, 3.05) is 19.6 Å². The van der Waals surface area contributed by atoms with Crippen LogP contribution in [0.3, 0.4) is 0 Å². The van der Waals surface area contributed by atoms with Crippen LogP contribution in [0.15, 0.2) is 41.3 Å². The van der Waals surface area contributed by atoms with Crippen LogP contribution in [0, 0.1) is 6.92 Å². The van der Waals surface area contributed by atoms with Crippen LogP contribution >= 0.6 is 0 Å². The second kappa shape index (κ2) is 8.27. The fraction of sp³-hybridized carbons (Fsp3) is 0.450. The predicted octanol–water partition coefficient (Wildman–Crippen LogP) is 2.48. The number of benzene rings is 1. The van der Waals surface area contributed by atoms with E-state index in [0.29, 0.717) is 31.0 Å². The maximum atomic E-state index is 12.8. The van der Waals surface area contributed by atoms with Crippen molar-refractivity contribution in [1.82, 2.24) is 14.2 Å². The van der Waals surface area contributed by atoms with Gasteiger partial charge in [-0.2, -0.15) is 4.31 Å². The van der Waals surface area contributed by atoms with Gasteiger partial charge in [0, 0.05) is 32.4 Å². The average Bonchev–Trinajstić information content (AvgIpc) is 3.30. The van der Waals surface area contributed by atoms with E-state index in [4.69, 9.17) is 0 Å². The molecule has 7 heteroatoms. The molecule has 0 unspecified atom stereocenters. The molecule has 0 aliphatic carbocycles. The fourth-order valence-corrected chi connectivity index (χ4v) is 5.24. The van der Waals surface area contributed by atoms with Crippen molar-refractivity contribution in [3.05, 3.63) is 53.3 Å². The zero-order chi connectivity index (χ0) is 19.4. The van der Waals surface area contributed by atoms with Crippen molar-refractivity contribution in [2.24, 2.45) is 7.05 Å². The Morgan fingerprint density at radius 2 is 1.81 bits per heavy atom. The molecule has 2 aromatic rings. The molecule has 27 heavy (non-hydrogen) atoms. The van der Waals surface area contributed by atoms with Crippen molar-refractivity contribution >= 4 is 15.9 Å². The van der Waals surface area contributed by atoms with Crippen LogP contribution < -0.4 is 5.32 Å². The predicted molar refractivity (Wildman–Crippen MR) is 105 cm³/mol. The third-order valence-corrected chi connectivity index (χ3v) is 7.19. The number of nitrogens with zero attached hydrogens (tertiary/aromatic N) is 2. The van der Waals surface area contributed by atoms with E-state index in [0.717, 1.165) is 25.7 Å². The lowest BCUT2D eigenvalue weighted by Gasteiger charge is -2.15. The van der Waals surface area contributed by atoms with Gasteiger partial charge in [-0.15, -0.1) is 0 Å². The molecule has 1 fully saturated rings. The highest BCUT2D eigenvalue weighted by atomic mass is 32.2. The van der Waals surface area contributed by atoms with Crippen molar-refractivity contribution in [2.45, 2.75) is 37.5 Å². The van der Waals surface area contributed by atoms with Crippen LogP contribution in [0.1, 0.15) is 41.0 Å². The molecular weight excluding hydrogens is 362 g/mol. The summed E-state index contributed by atoms with van der Waals surface area (Å²) in [5, 5.41) is 2.90. The van der Waals surface area contributed by atoms with Crippen LogP contribution in [-0.4, -0.2) is 42.8 Å². The van der Waals surface area contributed by atoms with Gasteiger partial charge in [-0.1, -0.05) is 30.3 Å². The van der Waals surface area contributed by atoms with Gasteiger partial charge >= 0.3 is 0 Å². The van der Waals surface area contributed by atoms with Gasteiger partial charge in [0.2, 0.25) is 10.0 Å². The Balaban J connectivity index is 1.65. The average molecular weight is 390 g/mol. The first kappa shape index (κ1) is 19.6. The zero-order valence-corrected chi connectivity index (χ0v) is 16.8. The molecule has 1 aliphatic rings. The summed E-state index contributed by atoms with van der Waals surface area (Å²) in [6.45, 7) is 3.40. The molecular formula is C20H27N3O3S. The zero-order valence-electron chi connectivity index (χ0n) is 15.9. The quantitative estimate of drug-likeness (QED) is 0.740. The van der Waals surface area contributed by atoms with E-state index in [1.807, 2.05) is 18.2 Å². The fourth-order valence-electron chi connectivity index (χ4n) is 3.45. The lowest BCUT2D eigenvalue weighted by Crippen LogP contribution is -2.28. The molecule has 0 radical (unpaired) electrons. The molecule has 0 spiro atoms. The van der Waals surface area contributed by atoms with Crippen LogP contribution in [0.25, 0.3) is 0 Å². The normalized spacial score (nSPS) is 15.2. The molecule has 1 aromatic carbocycles. The van der Waals surface area contributed by atoms with Crippen LogP contribution in [0.5, 0.6) is 0 Å². The van der Waals surface area contributed by atoms with E-state index >= 15 is 0 Å². The Kier molecular flexibility index (Phi) is 6.01. The lowest BCUT2D eigenvalue weighted by atomic mass is 10.1. The standard InChI is InChI=1S/C20H27N3O3S/c1-16-19(27(25,26)23-13-6-7-14-23)15-18(22(16)2)20(24)21-12-8-11-17-9-4-3-5-10-17/h3-5,9-10,15H,6-8,11-14H2,1-2H3,(H,21,24). The molecule has 2 heterocycles. The van der Waals surface area contributed by atoms with Crippen LogP contribution in [0.4, 0.5) is 0 Å². The smallest absolute Gasteiger partial charge is 0.267 e. The van der Waals surface area contributed by atoms with Gasteiger partial charge in [-0.05, 0) is 44.2 Å². The minimum Gasteiger partial charge on any atom is -0.351 e. The highest BCUT2D eigenvalue weighted by Gasteiger charge is 2.31. The highest BCUT2D eigenvalue weighted by molar-refractivity contribution is 7.89. The van der Waals surface area contributed by atoms with Gasteiger partial charge in [0.05, 0.1) is 0 Å². The third-order valence-electron chi connectivity index (χ3n) is 5.17. The van der Waals surface area contributed by atoms with Gasteiger partial charge in [0.1, 0.15) is 10.6 Å². The van der Waals surface area contributed by atoms with E-state index < -0.39 is 10.0 Å². The van der Waals surface area contributed by atoms with Gasteiger partial charge in [-0.25, -0.2) is 8.42 Å². The van der Waals surface area contributed by atoms with Gasteiger partial charge in [0.25, 0.3) is 5.91 Å². The second-order valence-electron chi connectivity index (χ2n) is 6.99. The first-order chi connectivity index (χ1) is 12.9. The maximum absolute atomic E-state index is 12.8. The summed E-state index contributed by atoms with van der Waals surface area (Å²) < 4.78 is 28.9. The first-order valence-corrected chi connectivity index (χ1v) is 10.8. The van der Waals surface area contributed by atoms with Crippen molar-refractivity contribution in [3.63, 3.8) is 0 Å². The SMILES string of the molecule is Cc1c(S(=O)(=O)N2CCCC2)cc(C(=O)NCCCc2ccccc2)n1C. The van der Waals surface area contributed by atoms with E-state index in [-0.39, 0.29) is 10.8 Å². The van der Waals surface area contributed by atoms with E-state index in [1.54, 1.807) is 18.5 Å². The Hall–Kier alpha value is -2.12. The Labute approximate surface area is 161 Å². The number of carbonyl (C=O) groups excluding carboxylic acids is 1. The lowest BCUT2D eigenvalue weighted by molar-refractivity contribution is 0.0945. The van der Waals surface area contributed by atoms with Crippen molar-refractivity contribution in [3.8, 4) is 0 Å². The summed E-state index contributed by atoms with van der Waals surface area (Å²) in [7, 11) is -1.80. The van der Waals surface area contributed by atoms with Crippen LogP contribution in [0.2, 0.25) is 0 Å². The Bertz CT molecular complexity index is 898. The number of aromatic nitrogens is 1. The molecule has 3 rings (SSSR count). The largest absolute Gasteiger partial charge is 0.351 e. The summed E-state index contributed by atoms with van der Waals surface area (Å²) in [6, 6.07) is 11.6. The molecule has 146 valence electrons. The topological polar surface area (TPSA) is 71.4 Å².